The number of nitrogen functional groups attached to an aromatic ring is 1. The second-order valence-electron chi connectivity index (χ2n) is 6.21. The summed E-state index contributed by atoms with van der Waals surface area (Å²) in [5, 5.41) is 17.5. The van der Waals surface area contributed by atoms with E-state index < -0.39 is 0 Å². The van der Waals surface area contributed by atoms with E-state index in [0.29, 0.717) is 16.0 Å². The van der Waals surface area contributed by atoms with Crippen molar-refractivity contribution in [2.24, 2.45) is 5.10 Å². The summed E-state index contributed by atoms with van der Waals surface area (Å²) in [7, 11) is 0. The summed E-state index contributed by atoms with van der Waals surface area (Å²) < 4.78 is 7.05. The lowest BCUT2D eigenvalue weighted by Gasteiger charge is -2.06. The van der Waals surface area contributed by atoms with E-state index in [2.05, 4.69) is 31.0 Å². The maximum Gasteiger partial charge on any atom is 0.264 e. The Kier molecular flexibility index (Phi) is 6.94. The minimum Gasteiger partial charge on any atom is -0.457 e. The van der Waals surface area contributed by atoms with Gasteiger partial charge in [0.25, 0.3) is 5.95 Å². The van der Waals surface area contributed by atoms with E-state index in [1.54, 1.807) is 17.8 Å². The number of nitrogens with two attached hydrogens (primary N) is 1. The first-order valence-corrected chi connectivity index (χ1v) is 11.2. The molecule has 0 bridgehead atoms. The van der Waals surface area contributed by atoms with E-state index in [4.69, 9.17) is 10.6 Å². The summed E-state index contributed by atoms with van der Waals surface area (Å²) in [5.74, 6) is 7.57. The van der Waals surface area contributed by atoms with Crippen LogP contribution in [0.4, 0.5) is 11.1 Å². The first-order chi connectivity index (χ1) is 15.7. The van der Waals surface area contributed by atoms with E-state index in [1.807, 2.05) is 54.6 Å². The van der Waals surface area contributed by atoms with Crippen LogP contribution in [0.15, 0.2) is 76.4 Å². The number of thioether (sulfide) groups is 1. The number of nitrogens with one attached hydrogen (secondary N) is 2. The first-order valence-electron chi connectivity index (χ1n) is 9.32. The van der Waals surface area contributed by atoms with Gasteiger partial charge in [-0.2, -0.15) is 5.10 Å². The van der Waals surface area contributed by atoms with Gasteiger partial charge in [0.1, 0.15) is 11.5 Å². The molecule has 1 amide bonds. The van der Waals surface area contributed by atoms with Gasteiger partial charge in [-0.15, -0.1) is 21.5 Å². The van der Waals surface area contributed by atoms with Gasteiger partial charge >= 0.3 is 0 Å². The highest BCUT2D eigenvalue weighted by atomic mass is 32.2. The molecule has 0 aliphatic carbocycles. The summed E-state index contributed by atoms with van der Waals surface area (Å²) in [6.07, 6.45) is 3.23. The molecule has 2 aromatic carbocycles. The van der Waals surface area contributed by atoms with Crippen molar-refractivity contribution in [1.29, 1.82) is 0 Å². The lowest BCUT2D eigenvalue weighted by Crippen LogP contribution is -2.16. The number of carbonyl (C=O) groups is 1. The molecule has 0 radical (unpaired) electrons. The lowest BCUT2D eigenvalue weighted by molar-refractivity contribution is -0.113. The molecule has 2 heterocycles. The van der Waals surface area contributed by atoms with Crippen LogP contribution in [-0.2, 0) is 4.79 Å². The average molecular weight is 467 g/mol. The second-order valence-corrected chi connectivity index (χ2v) is 8.04. The van der Waals surface area contributed by atoms with Crippen LogP contribution in [0.3, 0.4) is 0 Å². The SMILES string of the molecule is Nn1c(N/N=C/c2cccc(Oc3ccccc3)c2)nnc1SCC(=O)Nc1nccs1. The van der Waals surface area contributed by atoms with E-state index >= 15 is 0 Å². The minimum atomic E-state index is -0.210. The number of aromatic nitrogens is 4. The quantitative estimate of drug-likeness (QED) is 0.148. The molecule has 0 saturated carbocycles. The Labute approximate surface area is 191 Å². The molecule has 2 aromatic heterocycles. The maximum atomic E-state index is 12.0. The van der Waals surface area contributed by atoms with Crippen molar-refractivity contribution < 1.29 is 9.53 Å². The molecule has 0 atom stereocenters. The number of rotatable bonds is 9. The number of amides is 1. The normalized spacial score (nSPS) is 10.9. The topological polar surface area (TPSA) is 132 Å². The number of hydrogen-bond donors (Lipinski definition) is 3. The smallest absolute Gasteiger partial charge is 0.264 e. The van der Waals surface area contributed by atoms with Crippen molar-refractivity contribution >= 4 is 46.3 Å². The highest BCUT2D eigenvalue weighted by Crippen LogP contribution is 2.21. The number of thiazole rings is 1. The molecule has 0 fully saturated rings. The predicted molar refractivity (Wildman–Crippen MR) is 126 cm³/mol. The third-order valence-electron chi connectivity index (χ3n) is 3.89. The van der Waals surface area contributed by atoms with Gasteiger partial charge in [0.15, 0.2) is 5.13 Å². The number of ether oxygens (including phenoxy) is 1. The van der Waals surface area contributed by atoms with Crippen LogP contribution in [0, 0.1) is 0 Å². The third-order valence-corrected chi connectivity index (χ3v) is 5.52. The Bertz CT molecular complexity index is 1200. The number of nitrogens with zero attached hydrogens (tertiary/aromatic N) is 5. The Morgan fingerprint density at radius 1 is 1.19 bits per heavy atom. The van der Waals surface area contributed by atoms with Crippen molar-refractivity contribution in [3.8, 4) is 11.5 Å². The van der Waals surface area contributed by atoms with Crippen LogP contribution >= 0.6 is 23.1 Å². The monoisotopic (exact) mass is 466 g/mol. The van der Waals surface area contributed by atoms with Crippen molar-refractivity contribution in [1.82, 2.24) is 19.9 Å². The minimum absolute atomic E-state index is 0.117. The number of carbonyl (C=O) groups excluding carboxylic acids is 1. The molecule has 10 nitrogen and oxygen atoms in total. The molecule has 4 aromatic rings. The van der Waals surface area contributed by atoms with Gasteiger partial charge in [0, 0.05) is 11.6 Å². The van der Waals surface area contributed by atoms with Gasteiger partial charge in [-0.1, -0.05) is 42.1 Å². The zero-order valence-corrected chi connectivity index (χ0v) is 18.2. The Hall–Kier alpha value is -3.90. The zero-order chi connectivity index (χ0) is 22.2. The lowest BCUT2D eigenvalue weighted by atomic mass is 10.2. The first kappa shape index (κ1) is 21.3. The highest BCUT2D eigenvalue weighted by molar-refractivity contribution is 7.99. The molecule has 4 rings (SSSR count). The summed E-state index contributed by atoms with van der Waals surface area (Å²) in [5.41, 5.74) is 3.57. The van der Waals surface area contributed by atoms with E-state index in [9.17, 15) is 4.79 Å². The fraction of sp³-hybridized carbons (Fsp3) is 0.0500. The number of anilines is 2. The van der Waals surface area contributed by atoms with Crippen LogP contribution in [0.25, 0.3) is 0 Å². The van der Waals surface area contributed by atoms with Crippen LogP contribution in [0.5, 0.6) is 11.5 Å². The molecule has 0 aliphatic heterocycles. The Balaban J connectivity index is 1.31. The predicted octanol–water partition coefficient (Wildman–Crippen LogP) is 3.42. The van der Waals surface area contributed by atoms with Crippen LogP contribution in [-0.4, -0.2) is 37.7 Å². The largest absolute Gasteiger partial charge is 0.457 e. The summed E-state index contributed by atoms with van der Waals surface area (Å²) in [6.45, 7) is 0. The van der Waals surface area contributed by atoms with Gasteiger partial charge in [0.2, 0.25) is 11.1 Å². The fourth-order valence-electron chi connectivity index (χ4n) is 2.47. The Morgan fingerprint density at radius 3 is 2.84 bits per heavy atom. The van der Waals surface area contributed by atoms with Crippen molar-refractivity contribution in [2.75, 3.05) is 22.3 Å². The third kappa shape index (κ3) is 5.83. The molecule has 32 heavy (non-hydrogen) atoms. The number of hydrazone groups is 1. The van der Waals surface area contributed by atoms with Gasteiger partial charge in [0.05, 0.1) is 12.0 Å². The number of hydrogen-bond acceptors (Lipinski definition) is 10. The van der Waals surface area contributed by atoms with Gasteiger partial charge < -0.3 is 15.9 Å². The van der Waals surface area contributed by atoms with Gasteiger partial charge in [-0.3, -0.25) is 4.79 Å². The standard InChI is InChI=1S/C20H18N8O2S2/c21-28-18(26-27-20(28)32-13-17(29)24-19-22-9-10-31-19)25-23-12-14-5-4-8-16(11-14)30-15-6-2-1-3-7-15/h1-12H,13,21H2,(H,25,26)(H,22,24,29)/b23-12+. The molecule has 12 heteroatoms. The fourth-order valence-corrected chi connectivity index (χ4v) is 3.67. The van der Waals surface area contributed by atoms with Crippen molar-refractivity contribution in [2.45, 2.75) is 5.16 Å². The molecule has 0 unspecified atom stereocenters. The molecule has 4 N–H and O–H groups in total. The Morgan fingerprint density at radius 2 is 2.03 bits per heavy atom. The van der Waals surface area contributed by atoms with E-state index in [0.717, 1.165) is 23.1 Å². The van der Waals surface area contributed by atoms with E-state index in [1.165, 1.54) is 16.0 Å². The van der Waals surface area contributed by atoms with Crippen LogP contribution in [0.2, 0.25) is 0 Å². The van der Waals surface area contributed by atoms with Crippen molar-refractivity contribution in [3.63, 3.8) is 0 Å². The molecule has 0 spiro atoms. The van der Waals surface area contributed by atoms with Crippen molar-refractivity contribution in [3.05, 3.63) is 71.7 Å². The van der Waals surface area contributed by atoms with Gasteiger partial charge in [-0.25, -0.2) is 15.1 Å². The maximum absolute atomic E-state index is 12.0. The average Bonchev–Trinajstić information content (AvgIpc) is 3.43. The molecular formula is C20H18N8O2S2. The highest BCUT2D eigenvalue weighted by Gasteiger charge is 2.12. The van der Waals surface area contributed by atoms with Crippen LogP contribution < -0.4 is 21.3 Å². The zero-order valence-electron chi connectivity index (χ0n) is 16.6. The van der Waals surface area contributed by atoms with Crippen LogP contribution in [0.1, 0.15) is 5.56 Å². The van der Waals surface area contributed by atoms with E-state index in [-0.39, 0.29) is 17.6 Å². The number of para-hydroxylation sites is 1. The molecule has 0 saturated heterocycles. The summed E-state index contributed by atoms with van der Waals surface area (Å²) in [6, 6.07) is 17.0. The summed E-state index contributed by atoms with van der Waals surface area (Å²) in [4.78, 5) is 16.0. The molecular weight excluding hydrogens is 448 g/mol. The number of benzene rings is 2. The molecule has 0 aliphatic rings. The van der Waals surface area contributed by atoms with Gasteiger partial charge in [-0.05, 0) is 29.8 Å². The second kappa shape index (κ2) is 10.4. The summed E-state index contributed by atoms with van der Waals surface area (Å²) >= 11 is 2.50. The molecule has 162 valence electrons.